The van der Waals surface area contributed by atoms with Crippen molar-refractivity contribution in [3.05, 3.63) is 35.9 Å². The van der Waals surface area contributed by atoms with Crippen molar-refractivity contribution < 1.29 is 4.39 Å². The number of nitrogens with zero attached hydrogens (tertiary/aromatic N) is 4. The lowest BCUT2D eigenvalue weighted by Gasteiger charge is -2.00. The number of aromatic nitrogens is 4. The number of hydrogen-bond acceptors (Lipinski definition) is 3. The molecule has 0 aliphatic carbocycles. The predicted molar refractivity (Wildman–Crippen MR) is 73.9 cm³/mol. The van der Waals surface area contributed by atoms with Crippen LogP contribution >= 0.6 is 12.4 Å². The zero-order chi connectivity index (χ0) is 12.8. The van der Waals surface area contributed by atoms with Gasteiger partial charge < -0.3 is 5.32 Å². The van der Waals surface area contributed by atoms with E-state index in [-0.39, 0.29) is 19.1 Å². The van der Waals surface area contributed by atoms with Gasteiger partial charge in [0.25, 0.3) is 0 Å². The highest BCUT2D eigenvalue weighted by Crippen LogP contribution is 1.99. The van der Waals surface area contributed by atoms with Crippen LogP contribution in [0.3, 0.4) is 0 Å². The summed E-state index contributed by atoms with van der Waals surface area (Å²) in [6.07, 6.45) is 5.58. The summed E-state index contributed by atoms with van der Waals surface area (Å²) in [6, 6.07) is 2.00. The van der Waals surface area contributed by atoms with E-state index in [0.717, 1.165) is 24.3 Å². The van der Waals surface area contributed by atoms with Crippen LogP contribution in [0.15, 0.2) is 24.7 Å². The Bertz CT molecular complexity index is 482. The molecule has 0 atom stereocenters. The topological polar surface area (TPSA) is 47.7 Å². The SMILES string of the molecule is CCn1ccc(CNCc2cnn(CCF)c2)n1.Cl. The van der Waals surface area contributed by atoms with Gasteiger partial charge in [-0.25, -0.2) is 4.39 Å². The Morgan fingerprint density at radius 3 is 2.84 bits per heavy atom. The fourth-order valence-corrected chi connectivity index (χ4v) is 1.72. The average Bonchev–Trinajstić information content (AvgIpc) is 2.99. The molecule has 0 aromatic carbocycles. The Labute approximate surface area is 118 Å². The van der Waals surface area contributed by atoms with Crippen molar-refractivity contribution in [2.24, 2.45) is 0 Å². The maximum atomic E-state index is 12.1. The first-order valence-electron chi connectivity index (χ1n) is 6.12. The first kappa shape index (κ1) is 15.7. The van der Waals surface area contributed by atoms with E-state index in [2.05, 4.69) is 22.4 Å². The highest BCUT2D eigenvalue weighted by atomic mass is 35.5. The highest BCUT2D eigenvalue weighted by molar-refractivity contribution is 5.85. The number of alkyl halides is 1. The van der Waals surface area contributed by atoms with Crippen LogP contribution in [0.2, 0.25) is 0 Å². The zero-order valence-electron chi connectivity index (χ0n) is 10.9. The van der Waals surface area contributed by atoms with E-state index in [0.29, 0.717) is 13.1 Å². The molecule has 0 bridgehead atoms. The fourth-order valence-electron chi connectivity index (χ4n) is 1.72. The van der Waals surface area contributed by atoms with E-state index in [4.69, 9.17) is 0 Å². The van der Waals surface area contributed by atoms with Crippen LogP contribution in [0.5, 0.6) is 0 Å². The first-order valence-corrected chi connectivity index (χ1v) is 6.12. The normalized spacial score (nSPS) is 10.4. The molecule has 7 heteroatoms. The third-order valence-electron chi connectivity index (χ3n) is 2.66. The quantitative estimate of drug-likeness (QED) is 0.844. The second-order valence-corrected chi connectivity index (χ2v) is 4.07. The number of hydrogen-bond donors (Lipinski definition) is 1. The molecule has 2 aromatic rings. The number of nitrogens with one attached hydrogen (secondary N) is 1. The molecule has 0 radical (unpaired) electrons. The Morgan fingerprint density at radius 2 is 2.16 bits per heavy atom. The van der Waals surface area contributed by atoms with Gasteiger partial charge in [-0.2, -0.15) is 10.2 Å². The summed E-state index contributed by atoms with van der Waals surface area (Å²) in [4.78, 5) is 0. The Morgan fingerprint density at radius 1 is 1.32 bits per heavy atom. The van der Waals surface area contributed by atoms with Crippen molar-refractivity contribution in [1.29, 1.82) is 0 Å². The number of halogens is 2. The van der Waals surface area contributed by atoms with Crippen molar-refractivity contribution in [2.75, 3.05) is 6.67 Å². The van der Waals surface area contributed by atoms with Gasteiger partial charge in [0.15, 0.2) is 0 Å². The minimum absolute atomic E-state index is 0. The molecule has 0 saturated carbocycles. The lowest BCUT2D eigenvalue weighted by molar-refractivity contribution is 0.427. The predicted octanol–water partition coefficient (Wildman–Crippen LogP) is 1.78. The lowest BCUT2D eigenvalue weighted by Crippen LogP contribution is -2.13. The standard InChI is InChI=1S/C12H18FN5.ClH/c1-2-17-5-3-12(16-17)9-14-7-11-8-15-18(10-11)6-4-13;/h3,5,8,10,14H,2,4,6-7,9H2,1H3;1H. The van der Waals surface area contributed by atoms with Gasteiger partial charge >= 0.3 is 0 Å². The van der Waals surface area contributed by atoms with E-state index in [1.807, 2.05) is 23.1 Å². The molecule has 2 aromatic heterocycles. The monoisotopic (exact) mass is 287 g/mol. The van der Waals surface area contributed by atoms with Crippen LogP contribution in [-0.4, -0.2) is 26.2 Å². The van der Waals surface area contributed by atoms with Crippen LogP contribution in [0, 0.1) is 0 Å². The van der Waals surface area contributed by atoms with Gasteiger partial charge in [0.2, 0.25) is 0 Å². The summed E-state index contributed by atoms with van der Waals surface area (Å²) in [5.41, 5.74) is 2.08. The molecule has 0 aliphatic heterocycles. The van der Waals surface area contributed by atoms with Crippen LogP contribution < -0.4 is 5.32 Å². The zero-order valence-corrected chi connectivity index (χ0v) is 11.7. The third-order valence-corrected chi connectivity index (χ3v) is 2.66. The molecule has 0 amide bonds. The van der Waals surface area contributed by atoms with Crippen LogP contribution in [0.1, 0.15) is 18.2 Å². The molecule has 19 heavy (non-hydrogen) atoms. The second kappa shape index (κ2) is 7.91. The van der Waals surface area contributed by atoms with E-state index < -0.39 is 0 Å². The van der Waals surface area contributed by atoms with Crippen molar-refractivity contribution in [1.82, 2.24) is 24.9 Å². The van der Waals surface area contributed by atoms with Crippen LogP contribution in [0.25, 0.3) is 0 Å². The minimum atomic E-state index is -0.386. The lowest BCUT2D eigenvalue weighted by atomic mass is 10.3. The van der Waals surface area contributed by atoms with Crippen molar-refractivity contribution in [2.45, 2.75) is 33.1 Å². The van der Waals surface area contributed by atoms with E-state index >= 15 is 0 Å². The molecule has 0 aliphatic rings. The van der Waals surface area contributed by atoms with Crippen LogP contribution in [-0.2, 0) is 26.2 Å². The Kier molecular flexibility index (Phi) is 6.52. The second-order valence-electron chi connectivity index (χ2n) is 4.07. The van der Waals surface area contributed by atoms with Gasteiger partial charge in [-0.05, 0) is 13.0 Å². The van der Waals surface area contributed by atoms with Crippen LogP contribution in [0.4, 0.5) is 4.39 Å². The number of aryl methyl sites for hydroxylation is 2. The van der Waals surface area contributed by atoms with Crippen molar-refractivity contribution in [3.8, 4) is 0 Å². The maximum absolute atomic E-state index is 12.1. The Hall–Kier alpha value is -1.40. The summed E-state index contributed by atoms with van der Waals surface area (Å²) in [5, 5.41) is 11.7. The summed E-state index contributed by atoms with van der Waals surface area (Å²) in [7, 11) is 0. The first-order chi connectivity index (χ1) is 8.81. The molecule has 2 rings (SSSR count). The molecule has 106 valence electrons. The largest absolute Gasteiger partial charge is 0.307 e. The summed E-state index contributed by atoms with van der Waals surface area (Å²) >= 11 is 0. The van der Waals surface area contributed by atoms with Gasteiger partial charge in [-0.1, -0.05) is 0 Å². The third kappa shape index (κ3) is 4.65. The number of rotatable bonds is 7. The van der Waals surface area contributed by atoms with Gasteiger partial charge in [0.1, 0.15) is 6.67 Å². The van der Waals surface area contributed by atoms with Crippen molar-refractivity contribution in [3.63, 3.8) is 0 Å². The van der Waals surface area contributed by atoms with E-state index in [9.17, 15) is 4.39 Å². The van der Waals surface area contributed by atoms with Gasteiger partial charge in [0.05, 0.1) is 18.4 Å². The summed E-state index contributed by atoms with van der Waals surface area (Å²) in [5.74, 6) is 0. The molecule has 0 saturated heterocycles. The van der Waals surface area contributed by atoms with Gasteiger partial charge in [-0.3, -0.25) is 9.36 Å². The maximum Gasteiger partial charge on any atom is 0.109 e. The molecular weight excluding hydrogens is 269 g/mol. The molecule has 2 heterocycles. The smallest absolute Gasteiger partial charge is 0.109 e. The summed E-state index contributed by atoms with van der Waals surface area (Å²) in [6.45, 7) is 4.32. The van der Waals surface area contributed by atoms with E-state index in [1.165, 1.54) is 0 Å². The molecule has 5 nitrogen and oxygen atoms in total. The average molecular weight is 288 g/mol. The van der Waals surface area contributed by atoms with Crippen molar-refractivity contribution >= 4 is 12.4 Å². The van der Waals surface area contributed by atoms with Gasteiger partial charge in [-0.15, -0.1) is 12.4 Å². The summed E-state index contributed by atoms with van der Waals surface area (Å²) < 4.78 is 15.6. The van der Waals surface area contributed by atoms with E-state index in [1.54, 1.807) is 10.9 Å². The molecule has 0 spiro atoms. The minimum Gasteiger partial charge on any atom is -0.307 e. The molecule has 0 fully saturated rings. The Balaban J connectivity index is 0.00000180. The highest BCUT2D eigenvalue weighted by Gasteiger charge is 2.00. The molecule has 1 N–H and O–H groups in total. The molecule has 0 unspecified atom stereocenters. The van der Waals surface area contributed by atoms with Gasteiger partial charge in [0, 0.05) is 37.6 Å². The fraction of sp³-hybridized carbons (Fsp3) is 0.500. The molecular formula is C12H19ClFN5.